The molecule has 2 heterocycles. The second-order valence-electron chi connectivity index (χ2n) is 8.88. The number of alkyl halides is 3. The van der Waals surface area contributed by atoms with Crippen LogP contribution in [-0.4, -0.2) is 62.3 Å². The number of hydrogen-bond donors (Lipinski definition) is 1. The Morgan fingerprint density at radius 3 is 2.44 bits per heavy atom. The van der Waals surface area contributed by atoms with Gasteiger partial charge < -0.3 is 19.9 Å². The average molecular weight is 475 g/mol. The zero-order valence-electron chi connectivity index (χ0n) is 19.5. The molecule has 1 atom stereocenters. The maximum Gasteiger partial charge on any atom is 0.416 e. The standard InChI is InChI=1S/C25H29F3N4O2/c1-30-14-12-20(13-15-30)31(2)24-32(3)21-16-19(9-10-22(21)34-24)29-23(33)11-6-17-4-7-18(8-5-17)25(26,27)28/h4-11,16,20,24H,12-15H2,1-3H3,(H,29,33)/b11-6+. The number of anilines is 2. The molecule has 1 N–H and O–H groups in total. The summed E-state index contributed by atoms with van der Waals surface area (Å²) in [6, 6.07) is 10.6. The van der Waals surface area contributed by atoms with E-state index in [1.54, 1.807) is 6.07 Å². The fourth-order valence-electron chi connectivity index (χ4n) is 4.36. The molecule has 2 aromatic carbocycles. The summed E-state index contributed by atoms with van der Waals surface area (Å²) in [4.78, 5) is 19.0. The van der Waals surface area contributed by atoms with Crippen LogP contribution in [0.4, 0.5) is 24.5 Å². The van der Waals surface area contributed by atoms with E-state index in [9.17, 15) is 18.0 Å². The van der Waals surface area contributed by atoms with Gasteiger partial charge in [-0.3, -0.25) is 9.69 Å². The zero-order valence-corrected chi connectivity index (χ0v) is 19.5. The van der Waals surface area contributed by atoms with Gasteiger partial charge in [0, 0.05) is 24.9 Å². The number of amides is 1. The molecule has 1 amide bonds. The van der Waals surface area contributed by atoms with Crippen molar-refractivity contribution in [1.29, 1.82) is 0 Å². The summed E-state index contributed by atoms with van der Waals surface area (Å²) < 4.78 is 44.2. The monoisotopic (exact) mass is 474 g/mol. The number of carbonyl (C=O) groups is 1. The molecule has 0 aromatic heterocycles. The molecule has 182 valence electrons. The van der Waals surface area contributed by atoms with E-state index in [1.165, 1.54) is 24.3 Å². The van der Waals surface area contributed by atoms with Crippen LogP contribution in [0.1, 0.15) is 24.0 Å². The Morgan fingerprint density at radius 1 is 1.12 bits per heavy atom. The Hall–Kier alpha value is -3.04. The normalized spacial score (nSPS) is 19.5. The third kappa shape index (κ3) is 5.37. The highest BCUT2D eigenvalue weighted by atomic mass is 19.4. The number of fused-ring (bicyclic) bond motifs is 1. The maximum absolute atomic E-state index is 12.7. The molecule has 0 spiro atoms. The quantitative estimate of drug-likeness (QED) is 0.647. The second-order valence-corrected chi connectivity index (χ2v) is 8.88. The Bertz CT molecular complexity index is 1050. The Balaban J connectivity index is 1.37. The number of carbonyl (C=O) groups excluding carboxylic acids is 1. The van der Waals surface area contributed by atoms with Crippen LogP contribution in [0.5, 0.6) is 5.75 Å². The molecule has 0 aliphatic carbocycles. The Kier molecular flexibility index (Phi) is 6.86. The number of benzene rings is 2. The van der Waals surface area contributed by atoms with Gasteiger partial charge >= 0.3 is 6.18 Å². The summed E-state index contributed by atoms with van der Waals surface area (Å²) in [5.74, 6) is 0.381. The summed E-state index contributed by atoms with van der Waals surface area (Å²) in [5, 5.41) is 2.80. The van der Waals surface area contributed by atoms with Crippen molar-refractivity contribution < 1.29 is 22.7 Å². The predicted octanol–water partition coefficient (Wildman–Crippen LogP) is 4.50. The van der Waals surface area contributed by atoms with Gasteiger partial charge in [0.1, 0.15) is 5.75 Å². The van der Waals surface area contributed by atoms with Gasteiger partial charge in [0.25, 0.3) is 0 Å². The van der Waals surface area contributed by atoms with E-state index in [2.05, 4.69) is 34.1 Å². The third-order valence-corrected chi connectivity index (χ3v) is 6.45. The number of nitrogens with one attached hydrogen (secondary N) is 1. The molecule has 1 unspecified atom stereocenters. The topological polar surface area (TPSA) is 48.1 Å². The first-order valence-corrected chi connectivity index (χ1v) is 11.2. The number of halogens is 3. The molecular weight excluding hydrogens is 445 g/mol. The van der Waals surface area contributed by atoms with E-state index >= 15 is 0 Å². The van der Waals surface area contributed by atoms with Crippen molar-refractivity contribution >= 4 is 23.4 Å². The molecule has 0 radical (unpaired) electrons. The lowest BCUT2D eigenvalue weighted by Crippen LogP contribution is -2.52. The van der Waals surface area contributed by atoms with Crippen molar-refractivity contribution in [3.8, 4) is 5.75 Å². The molecule has 1 fully saturated rings. The van der Waals surface area contributed by atoms with Crippen LogP contribution in [0, 0.1) is 0 Å². The molecule has 2 aliphatic rings. The predicted molar refractivity (Wildman–Crippen MR) is 127 cm³/mol. The van der Waals surface area contributed by atoms with Crippen LogP contribution >= 0.6 is 0 Å². The molecule has 2 aliphatic heterocycles. The van der Waals surface area contributed by atoms with E-state index in [4.69, 9.17) is 4.74 Å². The van der Waals surface area contributed by atoms with Crippen LogP contribution in [0.2, 0.25) is 0 Å². The van der Waals surface area contributed by atoms with Crippen LogP contribution in [0.15, 0.2) is 48.5 Å². The maximum atomic E-state index is 12.7. The summed E-state index contributed by atoms with van der Waals surface area (Å²) in [7, 11) is 6.19. The van der Waals surface area contributed by atoms with E-state index < -0.39 is 11.7 Å². The molecule has 1 saturated heterocycles. The van der Waals surface area contributed by atoms with E-state index in [1.807, 2.05) is 19.2 Å². The van der Waals surface area contributed by atoms with Crippen molar-refractivity contribution in [1.82, 2.24) is 9.80 Å². The minimum atomic E-state index is -4.38. The Morgan fingerprint density at radius 2 is 1.79 bits per heavy atom. The lowest BCUT2D eigenvalue weighted by molar-refractivity contribution is -0.137. The highest BCUT2D eigenvalue weighted by Crippen LogP contribution is 2.39. The first kappa shape index (κ1) is 24.1. The van der Waals surface area contributed by atoms with Gasteiger partial charge in [0.15, 0.2) is 0 Å². The van der Waals surface area contributed by atoms with Gasteiger partial charge in [-0.1, -0.05) is 12.1 Å². The number of ether oxygens (including phenoxy) is 1. The second kappa shape index (κ2) is 9.68. The van der Waals surface area contributed by atoms with Gasteiger partial charge in [0.05, 0.1) is 11.3 Å². The Labute approximate surface area is 197 Å². The summed E-state index contributed by atoms with van der Waals surface area (Å²) in [6.45, 7) is 2.13. The minimum Gasteiger partial charge on any atom is -0.455 e. The van der Waals surface area contributed by atoms with Gasteiger partial charge in [-0.25, -0.2) is 0 Å². The van der Waals surface area contributed by atoms with Crippen LogP contribution < -0.4 is 15.0 Å². The zero-order chi connectivity index (χ0) is 24.5. The van der Waals surface area contributed by atoms with Gasteiger partial charge in [-0.15, -0.1) is 0 Å². The van der Waals surface area contributed by atoms with Crippen molar-refractivity contribution in [2.24, 2.45) is 0 Å². The van der Waals surface area contributed by atoms with Gasteiger partial charge in [0.2, 0.25) is 12.3 Å². The van der Waals surface area contributed by atoms with Crippen molar-refractivity contribution in [2.75, 3.05) is 44.4 Å². The largest absolute Gasteiger partial charge is 0.455 e. The third-order valence-electron chi connectivity index (χ3n) is 6.45. The van der Waals surface area contributed by atoms with Crippen LogP contribution in [0.25, 0.3) is 6.08 Å². The highest BCUT2D eigenvalue weighted by molar-refractivity contribution is 6.02. The smallest absolute Gasteiger partial charge is 0.416 e. The number of piperidine rings is 1. The molecule has 34 heavy (non-hydrogen) atoms. The molecular formula is C25H29F3N4O2. The first-order valence-electron chi connectivity index (χ1n) is 11.2. The summed E-state index contributed by atoms with van der Waals surface area (Å²) in [5.41, 5.74) is 1.27. The van der Waals surface area contributed by atoms with Crippen molar-refractivity contribution in [3.63, 3.8) is 0 Å². The van der Waals surface area contributed by atoms with Crippen LogP contribution in [0.3, 0.4) is 0 Å². The number of hydrogen-bond acceptors (Lipinski definition) is 5. The first-order chi connectivity index (χ1) is 16.1. The van der Waals surface area contributed by atoms with Crippen LogP contribution in [-0.2, 0) is 11.0 Å². The SMILES string of the molecule is CN1CCC(N(C)C2Oc3ccc(NC(=O)/C=C/c4ccc(C(F)(F)F)cc4)cc3N2C)CC1. The summed E-state index contributed by atoms with van der Waals surface area (Å²) in [6.07, 6.45) is 0.351. The molecule has 9 heteroatoms. The summed E-state index contributed by atoms with van der Waals surface area (Å²) >= 11 is 0. The van der Waals surface area contributed by atoms with E-state index in [-0.39, 0.29) is 12.3 Å². The van der Waals surface area contributed by atoms with E-state index in [0.717, 1.165) is 49.5 Å². The van der Waals surface area contributed by atoms with E-state index in [0.29, 0.717) is 17.3 Å². The molecule has 0 bridgehead atoms. The van der Waals surface area contributed by atoms with Crippen molar-refractivity contribution in [2.45, 2.75) is 31.4 Å². The number of nitrogens with zero attached hydrogens (tertiary/aromatic N) is 3. The molecule has 6 nitrogen and oxygen atoms in total. The lowest BCUT2D eigenvalue weighted by atomic mass is 10.0. The fraction of sp³-hybridized carbons (Fsp3) is 0.400. The lowest BCUT2D eigenvalue weighted by Gasteiger charge is -2.39. The number of rotatable bonds is 5. The fourth-order valence-corrected chi connectivity index (χ4v) is 4.36. The van der Waals surface area contributed by atoms with Gasteiger partial charge in [-0.2, -0.15) is 13.2 Å². The number of likely N-dealkylation sites (tertiary alicyclic amines) is 1. The van der Waals surface area contributed by atoms with Gasteiger partial charge in [-0.05, 0) is 82.0 Å². The van der Waals surface area contributed by atoms with Crippen molar-refractivity contribution in [3.05, 3.63) is 59.7 Å². The minimum absolute atomic E-state index is 0.214. The molecule has 0 saturated carbocycles. The molecule has 4 rings (SSSR count). The molecule has 2 aromatic rings. The highest BCUT2D eigenvalue weighted by Gasteiger charge is 2.35. The average Bonchev–Trinajstić information content (AvgIpc) is 3.13.